The topological polar surface area (TPSA) is 50.6 Å². The van der Waals surface area contributed by atoms with E-state index in [1.807, 2.05) is 59.5 Å². The van der Waals surface area contributed by atoms with Crippen LogP contribution < -0.4 is 4.90 Å². The van der Waals surface area contributed by atoms with Gasteiger partial charge in [0.05, 0.1) is 12.7 Å². The lowest BCUT2D eigenvalue weighted by atomic mass is 9.73. The van der Waals surface area contributed by atoms with Crippen LogP contribution in [0.5, 0.6) is 0 Å². The Bertz CT molecular complexity index is 1180. The van der Waals surface area contributed by atoms with E-state index in [1.54, 1.807) is 0 Å². The number of rotatable bonds is 8. The summed E-state index contributed by atoms with van der Waals surface area (Å²) in [4.78, 5) is 20.3. The van der Waals surface area contributed by atoms with Crippen molar-refractivity contribution in [3.05, 3.63) is 102 Å². The summed E-state index contributed by atoms with van der Waals surface area (Å²) in [5.74, 6) is 0.628. The smallest absolute Gasteiger partial charge is 0.250 e. The second kappa shape index (κ2) is 11.0. The molecule has 0 radical (unpaired) electrons. The number of hydrogen-bond donors (Lipinski definition) is 0. The number of nitrogens with zero attached hydrogens (tertiary/aromatic N) is 4. The molecule has 6 heteroatoms. The molecule has 2 aliphatic rings. The van der Waals surface area contributed by atoms with Gasteiger partial charge < -0.3 is 14.7 Å². The van der Waals surface area contributed by atoms with Crippen molar-refractivity contribution in [2.75, 3.05) is 43.6 Å². The first kappa shape index (κ1) is 25.3. The molecular weight excluding hydrogens is 480 g/mol. The molecule has 2 aliphatic heterocycles. The third-order valence-electron chi connectivity index (χ3n) is 8.15. The second-order valence-corrected chi connectivity index (χ2v) is 10.4. The molecule has 0 bridgehead atoms. The largest absolute Gasteiger partial charge is 0.339 e. The first-order chi connectivity index (χ1) is 18.1. The van der Waals surface area contributed by atoms with Crippen molar-refractivity contribution in [3.8, 4) is 6.07 Å². The quantitative estimate of drug-likeness (QED) is 0.386. The average molecular weight is 513 g/mol. The molecule has 0 aliphatic carbocycles. The summed E-state index contributed by atoms with van der Waals surface area (Å²) in [7, 11) is 0. The van der Waals surface area contributed by atoms with E-state index in [1.165, 1.54) is 0 Å². The predicted molar refractivity (Wildman–Crippen MR) is 149 cm³/mol. The third kappa shape index (κ3) is 4.72. The zero-order valence-corrected chi connectivity index (χ0v) is 21.9. The Labute approximate surface area is 224 Å². The van der Waals surface area contributed by atoms with Crippen molar-refractivity contribution in [3.63, 3.8) is 0 Å². The van der Waals surface area contributed by atoms with Gasteiger partial charge >= 0.3 is 0 Å². The number of halogens is 1. The second-order valence-electron chi connectivity index (χ2n) is 10.0. The Hall–Kier alpha value is -3.33. The number of likely N-dealkylation sites (tertiary alicyclic amines) is 1. The van der Waals surface area contributed by atoms with Crippen LogP contribution in [-0.2, 0) is 10.2 Å². The Morgan fingerprint density at radius 3 is 1.89 bits per heavy atom. The van der Waals surface area contributed by atoms with Crippen molar-refractivity contribution >= 4 is 23.2 Å². The van der Waals surface area contributed by atoms with Gasteiger partial charge in [0.1, 0.15) is 11.0 Å². The van der Waals surface area contributed by atoms with E-state index in [2.05, 4.69) is 52.3 Å². The predicted octanol–water partition coefficient (Wildman–Crippen LogP) is 5.27. The van der Waals surface area contributed by atoms with Crippen molar-refractivity contribution in [1.82, 2.24) is 9.80 Å². The maximum Gasteiger partial charge on any atom is 0.250 e. The Morgan fingerprint density at radius 1 is 0.838 bits per heavy atom. The first-order valence-electron chi connectivity index (χ1n) is 13.1. The molecule has 37 heavy (non-hydrogen) atoms. The van der Waals surface area contributed by atoms with Gasteiger partial charge in [-0.3, -0.25) is 4.79 Å². The maximum atomic E-state index is 13.7. The van der Waals surface area contributed by atoms with E-state index in [0.29, 0.717) is 25.5 Å². The van der Waals surface area contributed by atoms with Gasteiger partial charge in [0.25, 0.3) is 0 Å². The molecule has 2 fully saturated rings. The van der Waals surface area contributed by atoms with Crippen molar-refractivity contribution < 1.29 is 4.79 Å². The molecule has 5 nitrogen and oxygen atoms in total. The monoisotopic (exact) mass is 512 g/mol. The van der Waals surface area contributed by atoms with Gasteiger partial charge in [-0.2, -0.15) is 5.26 Å². The zero-order chi connectivity index (χ0) is 25.7. The fraction of sp³-hybridized carbons (Fsp3) is 0.355. The summed E-state index contributed by atoms with van der Waals surface area (Å²) >= 11 is 6.04. The highest BCUT2D eigenvalue weighted by atomic mass is 35.5. The highest BCUT2D eigenvalue weighted by molar-refractivity contribution is 6.18. The van der Waals surface area contributed by atoms with Crippen LogP contribution in [-0.4, -0.2) is 60.0 Å². The van der Waals surface area contributed by atoms with Crippen molar-refractivity contribution in [2.24, 2.45) is 0 Å². The number of para-hydroxylation sites is 1. The minimum atomic E-state index is -0.714. The number of carbonyl (C=O) groups excluding carboxylic acids is 1. The maximum absolute atomic E-state index is 13.7. The minimum absolute atomic E-state index is 0.191. The third-order valence-corrected chi connectivity index (χ3v) is 8.32. The molecule has 5 rings (SSSR count). The number of carbonyl (C=O) groups is 1. The van der Waals surface area contributed by atoms with Crippen LogP contribution in [0.4, 0.5) is 5.69 Å². The molecule has 0 atom stereocenters. The fourth-order valence-electron chi connectivity index (χ4n) is 6.03. The number of piperidine rings is 1. The van der Waals surface area contributed by atoms with Crippen molar-refractivity contribution in [1.29, 1.82) is 5.26 Å². The number of alkyl halides is 1. The van der Waals surface area contributed by atoms with E-state index in [-0.39, 0.29) is 5.91 Å². The molecule has 2 saturated heterocycles. The summed E-state index contributed by atoms with van der Waals surface area (Å²) in [6.07, 6.45) is 2.21. The summed E-state index contributed by atoms with van der Waals surface area (Å²) in [6, 6.07) is 33.2. The zero-order valence-electron chi connectivity index (χ0n) is 21.1. The molecule has 1 amide bonds. The van der Waals surface area contributed by atoms with Gasteiger partial charge in [-0.25, -0.2) is 0 Å². The lowest BCUT2D eigenvalue weighted by Crippen LogP contribution is -2.56. The van der Waals surface area contributed by atoms with Crippen LogP contribution in [0, 0.1) is 11.3 Å². The lowest BCUT2D eigenvalue weighted by Gasteiger charge is -2.44. The number of nitriles is 1. The first-order valence-corrected chi connectivity index (χ1v) is 13.6. The molecule has 0 saturated carbocycles. The normalized spacial score (nSPS) is 17.8. The minimum Gasteiger partial charge on any atom is -0.339 e. The molecular formula is C31H33ClN4O. The fourth-order valence-corrected chi connectivity index (χ4v) is 6.24. The molecule has 0 unspecified atom stereocenters. The Morgan fingerprint density at radius 2 is 1.38 bits per heavy atom. The molecule has 190 valence electrons. The molecule has 3 aromatic rings. The van der Waals surface area contributed by atoms with Gasteiger partial charge in [0.15, 0.2) is 0 Å². The van der Waals surface area contributed by atoms with E-state index in [9.17, 15) is 10.1 Å². The number of hydrogen-bond acceptors (Lipinski definition) is 4. The SMILES string of the molecule is N#CC(CCN1CCC2(CC1)C(=O)N(CCCl)CN2c1ccccc1)(c1ccccc1)c1ccccc1. The van der Waals surface area contributed by atoms with Gasteiger partial charge in [-0.1, -0.05) is 78.9 Å². The standard InChI is InChI=1S/C31H33ClN4O/c32-19-23-35-25-36(28-14-8-3-9-15-28)31(29(35)37)17-21-34(22-18-31)20-16-30(24-33,26-10-4-1-5-11-26)27-12-6-2-7-13-27/h1-15H,16-23,25H2. The molecule has 0 aromatic heterocycles. The van der Waals surface area contributed by atoms with Gasteiger partial charge in [-0.15, -0.1) is 11.6 Å². The number of anilines is 1. The average Bonchev–Trinajstić information content (AvgIpc) is 3.23. The van der Waals surface area contributed by atoms with E-state index < -0.39 is 11.0 Å². The van der Waals surface area contributed by atoms with E-state index in [0.717, 1.165) is 49.3 Å². The highest BCUT2D eigenvalue weighted by Gasteiger charge is 2.53. The number of amides is 1. The molecule has 1 spiro atoms. The van der Waals surface area contributed by atoms with Crippen LogP contribution >= 0.6 is 11.6 Å². The van der Waals surface area contributed by atoms with Crippen LogP contribution in [0.2, 0.25) is 0 Å². The van der Waals surface area contributed by atoms with Gasteiger partial charge in [-0.05, 0) is 42.5 Å². The summed E-state index contributed by atoms with van der Waals surface area (Å²) in [6.45, 7) is 3.56. The summed E-state index contributed by atoms with van der Waals surface area (Å²) < 4.78 is 0. The van der Waals surface area contributed by atoms with Crippen LogP contribution in [0.25, 0.3) is 0 Å². The molecule has 2 heterocycles. The van der Waals surface area contributed by atoms with Crippen LogP contribution in [0.15, 0.2) is 91.0 Å². The Kier molecular flexibility index (Phi) is 7.50. The highest BCUT2D eigenvalue weighted by Crippen LogP contribution is 2.40. The van der Waals surface area contributed by atoms with Crippen LogP contribution in [0.3, 0.4) is 0 Å². The van der Waals surface area contributed by atoms with E-state index in [4.69, 9.17) is 11.6 Å². The van der Waals surface area contributed by atoms with Crippen LogP contribution in [0.1, 0.15) is 30.4 Å². The van der Waals surface area contributed by atoms with Gasteiger partial charge in [0.2, 0.25) is 5.91 Å². The van der Waals surface area contributed by atoms with E-state index >= 15 is 0 Å². The molecule has 0 N–H and O–H groups in total. The lowest BCUT2D eigenvalue weighted by molar-refractivity contribution is -0.133. The summed E-state index contributed by atoms with van der Waals surface area (Å²) in [5, 5.41) is 10.5. The molecule has 3 aromatic carbocycles. The van der Waals surface area contributed by atoms with Gasteiger partial charge in [0, 0.05) is 37.7 Å². The summed E-state index contributed by atoms with van der Waals surface area (Å²) in [5.41, 5.74) is 1.88. The Balaban J connectivity index is 1.35. The van der Waals surface area contributed by atoms with Crippen molar-refractivity contribution in [2.45, 2.75) is 30.2 Å². The number of benzene rings is 3.